The van der Waals surface area contributed by atoms with E-state index < -0.39 is 0 Å². The molecule has 3 rings (SSSR count). The summed E-state index contributed by atoms with van der Waals surface area (Å²) in [5, 5.41) is 0. The van der Waals surface area contributed by atoms with Crippen LogP contribution in [0.1, 0.15) is 63.2 Å². The molecule has 28 heavy (non-hydrogen) atoms. The number of aryl methyl sites for hydroxylation is 1. The van der Waals surface area contributed by atoms with Crippen molar-refractivity contribution in [2.45, 2.75) is 58.5 Å². The molecule has 0 bridgehead atoms. The predicted octanol–water partition coefficient (Wildman–Crippen LogP) is 6.69. The molecule has 1 heterocycles. The van der Waals surface area contributed by atoms with Gasteiger partial charge in [-0.2, -0.15) is 0 Å². The highest BCUT2D eigenvalue weighted by molar-refractivity contribution is 5.85. The third-order valence-electron chi connectivity index (χ3n) is 5.77. The molecule has 1 saturated heterocycles. The lowest BCUT2D eigenvalue weighted by Crippen LogP contribution is -2.39. The van der Waals surface area contributed by atoms with Gasteiger partial charge in [0, 0.05) is 12.5 Å². The van der Waals surface area contributed by atoms with Gasteiger partial charge in [0.2, 0.25) is 0 Å². The van der Waals surface area contributed by atoms with Gasteiger partial charge in [-0.25, -0.2) is 0 Å². The summed E-state index contributed by atoms with van der Waals surface area (Å²) < 4.78 is 6.56. The van der Waals surface area contributed by atoms with E-state index in [9.17, 15) is 0 Å². The number of unbranched alkanes of at least 4 members (excludes halogenated alkanes) is 2. The Morgan fingerprint density at radius 3 is 2.43 bits per heavy atom. The smallest absolute Gasteiger partial charge is 0.128 e. The number of para-hydroxylation sites is 1. The topological polar surface area (TPSA) is 12.5 Å². The van der Waals surface area contributed by atoms with E-state index in [-0.39, 0.29) is 18.5 Å². The van der Waals surface area contributed by atoms with Crippen molar-refractivity contribution in [3.05, 3.63) is 65.7 Å². The van der Waals surface area contributed by atoms with Crippen LogP contribution < -0.4 is 4.74 Å². The van der Waals surface area contributed by atoms with Crippen LogP contribution in [0, 0.1) is 5.92 Å². The molecule has 2 nitrogen and oxygen atoms in total. The van der Waals surface area contributed by atoms with Gasteiger partial charge in [0.15, 0.2) is 0 Å². The van der Waals surface area contributed by atoms with Crippen LogP contribution in [0.2, 0.25) is 0 Å². The minimum absolute atomic E-state index is 0. The van der Waals surface area contributed by atoms with Gasteiger partial charge in [0.05, 0.1) is 0 Å². The molecule has 3 heteroatoms. The van der Waals surface area contributed by atoms with Gasteiger partial charge in [-0.1, -0.05) is 69.2 Å². The summed E-state index contributed by atoms with van der Waals surface area (Å²) >= 11 is 0. The van der Waals surface area contributed by atoms with Crippen LogP contribution in [0.3, 0.4) is 0 Å². The van der Waals surface area contributed by atoms with Crippen LogP contribution in [0.25, 0.3) is 0 Å². The van der Waals surface area contributed by atoms with Gasteiger partial charge in [-0.3, -0.25) is 0 Å². The summed E-state index contributed by atoms with van der Waals surface area (Å²) in [4.78, 5) is 2.66. The summed E-state index contributed by atoms with van der Waals surface area (Å²) in [6.45, 7) is 8.12. The number of halogens is 1. The van der Waals surface area contributed by atoms with Gasteiger partial charge in [-0.15, -0.1) is 12.4 Å². The fraction of sp³-hybridized carbons (Fsp3) is 0.520. The first-order valence-corrected chi connectivity index (χ1v) is 10.8. The first kappa shape index (κ1) is 22.8. The predicted molar refractivity (Wildman–Crippen MR) is 122 cm³/mol. The highest BCUT2D eigenvalue weighted by atomic mass is 35.5. The number of ether oxygens (including phenoxy) is 1. The number of hydrogen-bond donors (Lipinski definition) is 0. The molecule has 154 valence electrons. The second-order valence-electron chi connectivity index (χ2n) is 7.86. The van der Waals surface area contributed by atoms with E-state index in [1.807, 2.05) is 6.07 Å². The SMILES string of the molecule is CCCCCN1CCCC(C(Oc2ccccc2)c2ccc(CC)cc2)C1.Cl. The lowest BCUT2D eigenvalue weighted by molar-refractivity contribution is 0.0664. The molecule has 2 unspecified atom stereocenters. The minimum Gasteiger partial charge on any atom is -0.485 e. The monoisotopic (exact) mass is 401 g/mol. The number of hydrogen-bond acceptors (Lipinski definition) is 2. The van der Waals surface area contributed by atoms with E-state index in [2.05, 4.69) is 67.3 Å². The van der Waals surface area contributed by atoms with Gasteiger partial charge >= 0.3 is 0 Å². The van der Waals surface area contributed by atoms with Crippen molar-refractivity contribution in [2.75, 3.05) is 19.6 Å². The van der Waals surface area contributed by atoms with E-state index >= 15 is 0 Å². The molecule has 2 aromatic rings. The van der Waals surface area contributed by atoms with Crippen molar-refractivity contribution in [3.8, 4) is 5.75 Å². The molecule has 1 aliphatic heterocycles. The second-order valence-corrected chi connectivity index (χ2v) is 7.86. The highest BCUT2D eigenvalue weighted by Gasteiger charge is 2.30. The van der Waals surface area contributed by atoms with Crippen LogP contribution in [0.5, 0.6) is 5.75 Å². The van der Waals surface area contributed by atoms with Gasteiger partial charge in [-0.05, 0) is 62.0 Å². The largest absolute Gasteiger partial charge is 0.485 e. The fourth-order valence-electron chi connectivity index (χ4n) is 4.15. The van der Waals surface area contributed by atoms with E-state index in [0.29, 0.717) is 5.92 Å². The minimum atomic E-state index is 0. The molecular weight excluding hydrogens is 366 g/mol. The quantitative estimate of drug-likeness (QED) is 0.434. The first-order chi connectivity index (χ1) is 13.3. The molecular formula is C25H36ClNO. The number of nitrogens with zero attached hydrogens (tertiary/aromatic N) is 1. The Morgan fingerprint density at radius 2 is 1.75 bits per heavy atom. The Bertz CT molecular complexity index is 658. The Hall–Kier alpha value is -1.51. The number of likely N-dealkylation sites (tertiary alicyclic amines) is 1. The maximum absolute atomic E-state index is 6.56. The van der Waals surface area contributed by atoms with Crippen molar-refractivity contribution in [2.24, 2.45) is 5.92 Å². The van der Waals surface area contributed by atoms with Gasteiger partial charge in [0.1, 0.15) is 11.9 Å². The zero-order valence-electron chi connectivity index (χ0n) is 17.5. The van der Waals surface area contributed by atoms with E-state index in [1.165, 1.54) is 56.3 Å². The normalized spacial score (nSPS) is 18.3. The lowest BCUT2D eigenvalue weighted by Gasteiger charge is -2.37. The maximum atomic E-state index is 6.56. The van der Waals surface area contributed by atoms with Crippen molar-refractivity contribution >= 4 is 12.4 Å². The highest BCUT2D eigenvalue weighted by Crippen LogP contribution is 2.34. The zero-order chi connectivity index (χ0) is 18.9. The van der Waals surface area contributed by atoms with E-state index in [0.717, 1.165) is 18.7 Å². The van der Waals surface area contributed by atoms with E-state index in [4.69, 9.17) is 4.74 Å². The average molecular weight is 402 g/mol. The van der Waals surface area contributed by atoms with Crippen molar-refractivity contribution in [3.63, 3.8) is 0 Å². The van der Waals surface area contributed by atoms with Crippen LogP contribution in [-0.2, 0) is 6.42 Å². The van der Waals surface area contributed by atoms with E-state index in [1.54, 1.807) is 0 Å². The fourth-order valence-corrected chi connectivity index (χ4v) is 4.15. The molecule has 1 fully saturated rings. The molecule has 1 aliphatic rings. The van der Waals surface area contributed by atoms with Crippen molar-refractivity contribution in [1.82, 2.24) is 4.90 Å². The van der Waals surface area contributed by atoms with Gasteiger partial charge in [0.25, 0.3) is 0 Å². The molecule has 0 radical (unpaired) electrons. The average Bonchev–Trinajstić information content (AvgIpc) is 2.73. The second kappa shape index (κ2) is 12.1. The van der Waals surface area contributed by atoms with Crippen LogP contribution in [0.15, 0.2) is 54.6 Å². The Balaban J connectivity index is 0.00000280. The van der Waals surface area contributed by atoms with Gasteiger partial charge < -0.3 is 9.64 Å². The Morgan fingerprint density at radius 1 is 1.00 bits per heavy atom. The molecule has 0 amide bonds. The molecule has 2 atom stereocenters. The third-order valence-corrected chi connectivity index (χ3v) is 5.77. The Kier molecular flexibility index (Phi) is 9.87. The third kappa shape index (κ3) is 6.53. The standard InChI is InChI=1S/C25H35NO.ClH/c1-3-5-9-18-26-19-10-11-23(20-26)25(27-24-12-7-6-8-13-24)22-16-14-21(4-2)15-17-22;/h6-8,12-17,23,25H,3-5,9-11,18-20H2,1-2H3;1H. The maximum Gasteiger partial charge on any atom is 0.128 e. The molecule has 0 spiro atoms. The number of piperidine rings is 1. The summed E-state index contributed by atoms with van der Waals surface area (Å²) in [6.07, 6.45) is 7.69. The molecule has 2 aromatic carbocycles. The first-order valence-electron chi connectivity index (χ1n) is 10.8. The lowest BCUT2D eigenvalue weighted by atomic mass is 9.87. The molecule has 0 aliphatic carbocycles. The summed E-state index contributed by atoms with van der Waals surface area (Å²) in [6, 6.07) is 19.4. The molecule has 0 saturated carbocycles. The number of benzene rings is 2. The number of rotatable bonds is 9. The Labute approximate surface area is 177 Å². The van der Waals surface area contributed by atoms with Crippen molar-refractivity contribution < 1.29 is 4.74 Å². The van der Waals surface area contributed by atoms with Crippen LogP contribution in [-0.4, -0.2) is 24.5 Å². The summed E-state index contributed by atoms with van der Waals surface area (Å²) in [5.74, 6) is 1.53. The summed E-state index contributed by atoms with van der Waals surface area (Å²) in [7, 11) is 0. The zero-order valence-corrected chi connectivity index (χ0v) is 18.3. The van der Waals surface area contributed by atoms with Crippen LogP contribution >= 0.6 is 12.4 Å². The van der Waals surface area contributed by atoms with Crippen LogP contribution in [0.4, 0.5) is 0 Å². The molecule has 0 N–H and O–H groups in total. The molecule has 0 aromatic heterocycles. The summed E-state index contributed by atoms with van der Waals surface area (Å²) in [5.41, 5.74) is 2.71. The van der Waals surface area contributed by atoms with Crippen molar-refractivity contribution in [1.29, 1.82) is 0 Å².